The van der Waals surface area contributed by atoms with Crippen molar-refractivity contribution in [1.82, 2.24) is 5.32 Å². The van der Waals surface area contributed by atoms with Crippen LogP contribution in [0, 0.1) is 5.82 Å². The topological polar surface area (TPSA) is 29.1 Å². The highest BCUT2D eigenvalue weighted by atomic mass is 32.2. The summed E-state index contributed by atoms with van der Waals surface area (Å²) < 4.78 is 26.2. The zero-order valence-electron chi connectivity index (χ0n) is 10.9. The van der Waals surface area contributed by atoms with E-state index in [-0.39, 0.29) is 17.1 Å². The summed E-state index contributed by atoms with van der Waals surface area (Å²) in [4.78, 5) is 0.421. The van der Waals surface area contributed by atoms with Crippen molar-refractivity contribution in [3.05, 3.63) is 29.6 Å². The largest absolute Gasteiger partial charge is 0.309 e. The molecule has 18 heavy (non-hydrogen) atoms. The Hall–Kier alpha value is -0.740. The van der Waals surface area contributed by atoms with Crippen LogP contribution in [0.2, 0.25) is 0 Å². The van der Waals surface area contributed by atoms with E-state index < -0.39 is 10.8 Å². The summed E-state index contributed by atoms with van der Waals surface area (Å²) in [5.74, 6) is -0.326. The molecule has 0 amide bonds. The number of halogens is 1. The minimum atomic E-state index is -1.22. The van der Waals surface area contributed by atoms with E-state index >= 15 is 0 Å². The van der Waals surface area contributed by atoms with Crippen molar-refractivity contribution in [2.24, 2.45) is 0 Å². The first-order valence-electron chi connectivity index (χ1n) is 6.63. The third-order valence-corrected chi connectivity index (χ3v) is 5.26. The Bertz CT molecular complexity index is 449. The SMILES string of the molecule is CCCNC1c2cccc(F)c2S(=O)C1CCC. The third-order valence-electron chi connectivity index (χ3n) is 3.37. The molecule has 0 radical (unpaired) electrons. The summed E-state index contributed by atoms with van der Waals surface area (Å²) in [6, 6.07) is 5.05. The van der Waals surface area contributed by atoms with Gasteiger partial charge in [-0.2, -0.15) is 0 Å². The number of benzene rings is 1. The average molecular weight is 269 g/mol. The van der Waals surface area contributed by atoms with Gasteiger partial charge in [0.2, 0.25) is 0 Å². The minimum Gasteiger partial charge on any atom is -0.309 e. The monoisotopic (exact) mass is 269 g/mol. The van der Waals surface area contributed by atoms with E-state index in [1.165, 1.54) is 6.07 Å². The Kier molecular flexibility index (Phi) is 4.51. The highest BCUT2D eigenvalue weighted by Crippen LogP contribution is 2.39. The van der Waals surface area contributed by atoms with Gasteiger partial charge in [-0.25, -0.2) is 4.39 Å². The van der Waals surface area contributed by atoms with Crippen molar-refractivity contribution in [3.63, 3.8) is 0 Å². The maximum Gasteiger partial charge on any atom is 0.139 e. The summed E-state index contributed by atoms with van der Waals surface area (Å²) in [5.41, 5.74) is 0.889. The zero-order valence-corrected chi connectivity index (χ0v) is 11.7. The molecule has 2 nitrogen and oxygen atoms in total. The van der Waals surface area contributed by atoms with E-state index in [9.17, 15) is 8.60 Å². The molecule has 0 aliphatic carbocycles. The minimum absolute atomic E-state index is 0.00782. The molecule has 1 heterocycles. The Morgan fingerprint density at radius 2 is 2.11 bits per heavy atom. The van der Waals surface area contributed by atoms with Crippen LogP contribution in [0.15, 0.2) is 23.1 Å². The molecule has 4 heteroatoms. The molecule has 1 aromatic rings. The molecule has 1 aliphatic rings. The van der Waals surface area contributed by atoms with Crippen molar-refractivity contribution < 1.29 is 8.60 Å². The van der Waals surface area contributed by atoms with Crippen molar-refractivity contribution in [3.8, 4) is 0 Å². The molecule has 3 atom stereocenters. The molecule has 0 saturated heterocycles. The van der Waals surface area contributed by atoms with Gasteiger partial charge in [-0.15, -0.1) is 0 Å². The van der Waals surface area contributed by atoms with Gasteiger partial charge < -0.3 is 5.32 Å². The molecule has 1 aromatic carbocycles. The zero-order chi connectivity index (χ0) is 13.1. The van der Waals surface area contributed by atoms with Crippen LogP contribution in [0.3, 0.4) is 0 Å². The van der Waals surface area contributed by atoms with Crippen LogP contribution in [0.25, 0.3) is 0 Å². The number of rotatable bonds is 5. The van der Waals surface area contributed by atoms with Gasteiger partial charge in [-0.1, -0.05) is 32.4 Å². The summed E-state index contributed by atoms with van der Waals surface area (Å²) >= 11 is 0. The van der Waals surface area contributed by atoms with Gasteiger partial charge in [0, 0.05) is 6.04 Å². The van der Waals surface area contributed by atoms with Crippen molar-refractivity contribution in [2.45, 2.75) is 49.3 Å². The van der Waals surface area contributed by atoms with E-state index in [1.807, 2.05) is 6.07 Å². The van der Waals surface area contributed by atoms with Gasteiger partial charge in [0.1, 0.15) is 5.82 Å². The van der Waals surface area contributed by atoms with Gasteiger partial charge in [-0.05, 0) is 31.0 Å². The maximum atomic E-state index is 13.8. The first-order valence-corrected chi connectivity index (χ1v) is 7.84. The smallest absolute Gasteiger partial charge is 0.139 e. The van der Waals surface area contributed by atoms with Crippen LogP contribution in [0.5, 0.6) is 0 Å². The molecular formula is C14H20FNOS. The van der Waals surface area contributed by atoms with Gasteiger partial charge in [0.15, 0.2) is 0 Å². The molecule has 3 unspecified atom stereocenters. The van der Waals surface area contributed by atoms with Gasteiger partial charge in [-0.3, -0.25) is 4.21 Å². The fourth-order valence-electron chi connectivity index (χ4n) is 2.56. The molecule has 0 fully saturated rings. The van der Waals surface area contributed by atoms with E-state index in [4.69, 9.17) is 0 Å². The normalized spacial score (nSPS) is 26.3. The highest BCUT2D eigenvalue weighted by molar-refractivity contribution is 7.86. The van der Waals surface area contributed by atoms with Crippen molar-refractivity contribution in [2.75, 3.05) is 6.54 Å². The second-order valence-electron chi connectivity index (χ2n) is 4.71. The van der Waals surface area contributed by atoms with Crippen LogP contribution < -0.4 is 5.32 Å². The van der Waals surface area contributed by atoms with E-state index in [0.717, 1.165) is 31.4 Å². The number of hydrogen-bond acceptors (Lipinski definition) is 2. The first kappa shape index (κ1) is 13.7. The lowest BCUT2D eigenvalue weighted by Gasteiger charge is -2.19. The van der Waals surface area contributed by atoms with Gasteiger partial charge in [0.05, 0.1) is 20.9 Å². The molecule has 100 valence electrons. The quantitative estimate of drug-likeness (QED) is 0.889. The fourth-order valence-corrected chi connectivity index (χ4v) is 4.49. The maximum absolute atomic E-state index is 13.8. The molecule has 0 bridgehead atoms. The number of hydrogen-bond donors (Lipinski definition) is 1. The summed E-state index contributed by atoms with van der Waals surface area (Å²) in [6.45, 7) is 5.05. The van der Waals surface area contributed by atoms with E-state index in [0.29, 0.717) is 4.90 Å². The average Bonchev–Trinajstić information content (AvgIpc) is 2.62. The lowest BCUT2D eigenvalue weighted by Crippen LogP contribution is -2.30. The van der Waals surface area contributed by atoms with Crippen LogP contribution in [0.4, 0.5) is 4.39 Å². The second-order valence-corrected chi connectivity index (χ2v) is 6.32. The van der Waals surface area contributed by atoms with Crippen LogP contribution >= 0.6 is 0 Å². The van der Waals surface area contributed by atoms with Crippen LogP contribution in [-0.2, 0) is 10.8 Å². The first-order chi connectivity index (χ1) is 8.70. The van der Waals surface area contributed by atoms with Crippen LogP contribution in [-0.4, -0.2) is 16.0 Å². The fraction of sp³-hybridized carbons (Fsp3) is 0.571. The third kappa shape index (κ3) is 2.36. The molecular weight excluding hydrogens is 249 g/mol. The number of nitrogens with one attached hydrogen (secondary N) is 1. The predicted molar refractivity (Wildman–Crippen MR) is 72.5 cm³/mol. The van der Waals surface area contributed by atoms with Gasteiger partial charge >= 0.3 is 0 Å². The van der Waals surface area contributed by atoms with E-state index in [2.05, 4.69) is 19.2 Å². The Morgan fingerprint density at radius 1 is 1.33 bits per heavy atom. The predicted octanol–water partition coefficient (Wildman–Crippen LogP) is 3.16. The Labute approximate surface area is 110 Å². The molecule has 0 aromatic heterocycles. The van der Waals surface area contributed by atoms with Crippen LogP contribution in [0.1, 0.15) is 44.7 Å². The van der Waals surface area contributed by atoms with Crippen molar-refractivity contribution in [1.29, 1.82) is 0 Å². The summed E-state index contributed by atoms with van der Waals surface area (Å²) in [7, 11) is -1.22. The second kappa shape index (κ2) is 5.93. The van der Waals surface area contributed by atoms with Crippen molar-refractivity contribution >= 4 is 10.8 Å². The Morgan fingerprint density at radius 3 is 2.78 bits per heavy atom. The van der Waals surface area contributed by atoms with Gasteiger partial charge in [0.25, 0.3) is 0 Å². The lowest BCUT2D eigenvalue weighted by atomic mass is 10.0. The molecule has 2 rings (SSSR count). The number of fused-ring (bicyclic) bond motifs is 1. The standard InChI is InChI=1S/C14H20FNOS/c1-3-6-12-13(16-9-4-2)10-7-5-8-11(15)14(10)18(12)17/h5,7-8,12-13,16H,3-4,6,9H2,1-2H3. The lowest BCUT2D eigenvalue weighted by molar-refractivity contribution is 0.490. The molecule has 1 N–H and O–H groups in total. The Balaban J connectivity index is 2.36. The molecule has 0 spiro atoms. The summed E-state index contributed by atoms with van der Waals surface area (Å²) in [5, 5.41) is 3.43. The molecule has 1 aliphatic heterocycles. The highest BCUT2D eigenvalue weighted by Gasteiger charge is 2.39. The summed E-state index contributed by atoms with van der Waals surface area (Å²) in [6.07, 6.45) is 2.85. The molecule has 0 saturated carbocycles. The van der Waals surface area contributed by atoms with E-state index in [1.54, 1.807) is 6.07 Å².